The van der Waals surface area contributed by atoms with Crippen LogP contribution in [0.3, 0.4) is 0 Å². The van der Waals surface area contributed by atoms with Crippen molar-refractivity contribution in [2.24, 2.45) is 5.73 Å². The number of rotatable bonds is 3. The third-order valence-corrected chi connectivity index (χ3v) is 4.35. The fraction of sp³-hybridized carbons (Fsp3) is 0.294. The van der Waals surface area contributed by atoms with Crippen LogP contribution in [-0.4, -0.2) is 42.0 Å². The van der Waals surface area contributed by atoms with Gasteiger partial charge < -0.3 is 15.5 Å². The summed E-state index contributed by atoms with van der Waals surface area (Å²) in [4.78, 5) is 20.8. The van der Waals surface area contributed by atoms with Gasteiger partial charge in [-0.2, -0.15) is 0 Å². The SMILES string of the molecule is NC(C(=O)N1CCN(c2ncccc2Cl)CC1)c1ccccc1. The molecule has 1 unspecified atom stereocenters. The van der Waals surface area contributed by atoms with Crippen LogP contribution in [0.5, 0.6) is 0 Å². The molecule has 23 heavy (non-hydrogen) atoms. The highest BCUT2D eigenvalue weighted by Gasteiger charge is 2.27. The van der Waals surface area contributed by atoms with E-state index < -0.39 is 6.04 Å². The Balaban J connectivity index is 1.63. The van der Waals surface area contributed by atoms with Gasteiger partial charge in [0, 0.05) is 32.4 Å². The van der Waals surface area contributed by atoms with Crippen LogP contribution in [0.4, 0.5) is 5.82 Å². The van der Waals surface area contributed by atoms with Gasteiger partial charge in [-0.15, -0.1) is 0 Å². The van der Waals surface area contributed by atoms with E-state index in [9.17, 15) is 4.79 Å². The molecule has 1 aromatic heterocycles. The average Bonchev–Trinajstić information content (AvgIpc) is 2.62. The molecule has 1 aliphatic rings. The summed E-state index contributed by atoms with van der Waals surface area (Å²) < 4.78 is 0. The Morgan fingerprint density at radius 1 is 1.09 bits per heavy atom. The lowest BCUT2D eigenvalue weighted by molar-refractivity contribution is -0.133. The minimum absolute atomic E-state index is 0.0389. The van der Waals surface area contributed by atoms with E-state index in [0.717, 1.165) is 11.4 Å². The van der Waals surface area contributed by atoms with E-state index in [1.165, 1.54) is 0 Å². The second-order valence-corrected chi connectivity index (χ2v) is 5.92. The lowest BCUT2D eigenvalue weighted by Crippen LogP contribution is -2.51. The Hall–Kier alpha value is -2.11. The standard InChI is InChI=1S/C17H19ClN4O/c18-14-7-4-8-20-16(14)21-9-11-22(12-10-21)17(23)15(19)13-5-2-1-3-6-13/h1-8,15H,9-12,19H2. The molecule has 1 fully saturated rings. The minimum Gasteiger partial charge on any atom is -0.352 e. The Kier molecular flexibility index (Phi) is 4.79. The van der Waals surface area contributed by atoms with Gasteiger partial charge in [0.15, 0.2) is 0 Å². The Morgan fingerprint density at radius 3 is 2.43 bits per heavy atom. The van der Waals surface area contributed by atoms with Gasteiger partial charge >= 0.3 is 0 Å². The number of halogens is 1. The highest BCUT2D eigenvalue weighted by Crippen LogP contribution is 2.24. The zero-order valence-corrected chi connectivity index (χ0v) is 13.5. The van der Waals surface area contributed by atoms with Gasteiger partial charge in [0.25, 0.3) is 0 Å². The lowest BCUT2D eigenvalue weighted by atomic mass is 10.1. The Morgan fingerprint density at radius 2 is 1.78 bits per heavy atom. The zero-order chi connectivity index (χ0) is 16.2. The number of aromatic nitrogens is 1. The predicted molar refractivity (Wildman–Crippen MR) is 91.4 cm³/mol. The molecular formula is C17H19ClN4O. The van der Waals surface area contributed by atoms with Crippen molar-refractivity contribution in [1.82, 2.24) is 9.88 Å². The number of nitrogens with two attached hydrogens (primary N) is 1. The molecule has 1 saturated heterocycles. The van der Waals surface area contributed by atoms with E-state index in [-0.39, 0.29) is 5.91 Å². The topological polar surface area (TPSA) is 62.5 Å². The van der Waals surface area contributed by atoms with E-state index in [0.29, 0.717) is 31.2 Å². The molecule has 1 aromatic carbocycles. The van der Waals surface area contributed by atoms with E-state index in [4.69, 9.17) is 17.3 Å². The summed E-state index contributed by atoms with van der Waals surface area (Å²) in [5, 5.41) is 0.633. The quantitative estimate of drug-likeness (QED) is 0.936. The van der Waals surface area contributed by atoms with E-state index in [1.54, 1.807) is 6.20 Å². The van der Waals surface area contributed by atoms with E-state index in [1.807, 2.05) is 47.4 Å². The highest BCUT2D eigenvalue weighted by atomic mass is 35.5. The van der Waals surface area contributed by atoms with Gasteiger partial charge in [0.1, 0.15) is 11.9 Å². The number of anilines is 1. The van der Waals surface area contributed by atoms with Gasteiger partial charge in [-0.3, -0.25) is 4.79 Å². The summed E-state index contributed by atoms with van der Waals surface area (Å²) in [5.74, 6) is 0.733. The van der Waals surface area contributed by atoms with Gasteiger partial charge in [0.2, 0.25) is 5.91 Å². The Labute approximate surface area is 140 Å². The molecule has 0 aliphatic carbocycles. The number of hydrogen-bond donors (Lipinski definition) is 1. The molecule has 0 radical (unpaired) electrons. The number of carbonyl (C=O) groups is 1. The fourth-order valence-corrected chi connectivity index (χ4v) is 2.99. The van der Waals surface area contributed by atoms with Gasteiger partial charge in [0.05, 0.1) is 5.02 Å². The number of hydrogen-bond acceptors (Lipinski definition) is 4. The van der Waals surface area contributed by atoms with Crippen molar-refractivity contribution in [3.8, 4) is 0 Å². The molecule has 120 valence electrons. The third kappa shape index (κ3) is 3.46. The molecule has 1 aliphatic heterocycles. The number of amides is 1. The lowest BCUT2D eigenvalue weighted by Gasteiger charge is -2.36. The van der Waals surface area contributed by atoms with Crippen LogP contribution in [0.2, 0.25) is 5.02 Å². The number of carbonyl (C=O) groups excluding carboxylic acids is 1. The fourth-order valence-electron chi connectivity index (χ4n) is 2.75. The first kappa shape index (κ1) is 15.8. The Bertz CT molecular complexity index is 671. The third-order valence-electron chi connectivity index (χ3n) is 4.05. The second kappa shape index (κ2) is 6.98. The van der Waals surface area contributed by atoms with Gasteiger partial charge in [-0.1, -0.05) is 41.9 Å². The monoisotopic (exact) mass is 330 g/mol. The van der Waals surface area contributed by atoms with Crippen LogP contribution in [0, 0.1) is 0 Å². The van der Waals surface area contributed by atoms with Crippen LogP contribution in [-0.2, 0) is 4.79 Å². The van der Waals surface area contributed by atoms with Crippen molar-refractivity contribution >= 4 is 23.3 Å². The molecule has 2 heterocycles. The second-order valence-electron chi connectivity index (χ2n) is 5.51. The van der Waals surface area contributed by atoms with Gasteiger partial charge in [-0.25, -0.2) is 4.98 Å². The maximum Gasteiger partial charge on any atom is 0.244 e. The molecule has 2 aromatic rings. The van der Waals surface area contributed by atoms with Crippen molar-refractivity contribution in [3.05, 3.63) is 59.2 Å². The molecule has 0 saturated carbocycles. The molecule has 2 N–H and O–H groups in total. The van der Waals surface area contributed by atoms with Crippen molar-refractivity contribution in [2.45, 2.75) is 6.04 Å². The number of piperazine rings is 1. The van der Waals surface area contributed by atoms with Crippen LogP contribution >= 0.6 is 11.6 Å². The summed E-state index contributed by atoms with van der Waals surface area (Å²) in [6.45, 7) is 2.63. The molecular weight excluding hydrogens is 312 g/mol. The summed E-state index contributed by atoms with van der Waals surface area (Å²) >= 11 is 6.18. The molecule has 3 rings (SSSR count). The molecule has 0 bridgehead atoms. The average molecular weight is 331 g/mol. The van der Waals surface area contributed by atoms with Crippen molar-refractivity contribution in [3.63, 3.8) is 0 Å². The summed E-state index contributed by atoms with van der Waals surface area (Å²) in [5.41, 5.74) is 6.94. The normalized spacial score (nSPS) is 16.3. The molecule has 5 nitrogen and oxygen atoms in total. The van der Waals surface area contributed by atoms with Crippen LogP contribution in [0.15, 0.2) is 48.7 Å². The molecule has 1 atom stereocenters. The highest BCUT2D eigenvalue weighted by molar-refractivity contribution is 6.32. The molecule has 1 amide bonds. The first-order chi connectivity index (χ1) is 11.2. The summed E-state index contributed by atoms with van der Waals surface area (Å²) in [6, 6.07) is 12.5. The van der Waals surface area contributed by atoms with Crippen molar-refractivity contribution < 1.29 is 4.79 Å². The summed E-state index contributed by atoms with van der Waals surface area (Å²) in [7, 11) is 0. The minimum atomic E-state index is -0.610. The molecule has 0 spiro atoms. The van der Waals surface area contributed by atoms with E-state index >= 15 is 0 Å². The van der Waals surface area contributed by atoms with Crippen LogP contribution in [0.1, 0.15) is 11.6 Å². The number of nitrogens with zero attached hydrogens (tertiary/aromatic N) is 3. The maximum atomic E-state index is 12.5. The smallest absolute Gasteiger partial charge is 0.244 e. The van der Waals surface area contributed by atoms with Crippen molar-refractivity contribution in [1.29, 1.82) is 0 Å². The summed E-state index contributed by atoms with van der Waals surface area (Å²) in [6.07, 6.45) is 1.73. The molecule has 6 heteroatoms. The first-order valence-corrected chi connectivity index (χ1v) is 7.99. The van der Waals surface area contributed by atoms with E-state index in [2.05, 4.69) is 9.88 Å². The first-order valence-electron chi connectivity index (χ1n) is 7.61. The predicted octanol–water partition coefficient (Wildman–Crippen LogP) is 2.08. The number of pyridine rings is 1. The van der Waals surface area contributed by atoms with Crippen molar-refractivity contribution in [2.75, 3.05) is 31.1 Å². The largest absolute Gasteiger partial charge is 0.352 e. The van der Waals surface area contributed by atoms with Crippen LogP contribution < -0.4 is 10.6 Å². The maximum absolute atomic E-state index is 12.5. The van der Waals surface area contributed by atoms with Crippen LogP contribution in [0.25, 0.3) is 0 Å². The number of benzene rings is 1. The zero-order valence-electron chi connectivity index (χ0n) is 12.7. The van der Waals surface area contributed by atoms with Gasteiger partial charge in [-0.05, 0) is 17.7 Å².